The first-order valence-corrected chi connectivity index (χ1v) is 10.2. The Bertz CT molecular complexity index is 912. The minimum absolute atomic E-state index is 0.0539. The van der Waals surface area contributed by atoms with E-state index in [2.05, 4.69) is 5.32 Å². The second-order valence-electron chi connectivity index (χ2n) is 6.07. The van der Waals surface area contributed by atoms with Crippen molar-refractivity contribution in [2.24, 2.45) is 0 Å². The SMILES string of the molecule is CCS(=O)(=O)N1CC(C(=O)NCc2ccc(OC)cc2)Oc2ccccc21. The summed E-state index contributed by atoms with van der Waals surface area (Å²) in [5, 5.41) is 2.80. The highest BCUT2D eigenvalue weighted by molar-refractivity contribution is 7.92. The number of rotatable bonds is 6. The zero-order valence-electron chi connectivity index (χ0n) is 15.2. The second-order valence-corrected chi connectivity index (χ2v) is 8.25. The first-order valence-electron chi connectivity index (χ1n) is 8.61. The van der Waals surface area contributed by atoms with Crippen LogP contribution in [0.2, 0.25) is 0 Å². The molecule has 0 bridgehead atoms. The van der Waals surface area contributed by atoms with Crippen LogP contribution in [0, 0.1) is 0 Å². The number of benzene rings is 2. The van der Waals surface area contributed by atoms with Crippen LogP contribution in [0.1, 0.15) is 12.5 Å². The Morgan fingerprint density at radius 2 is 1.93 bits per heavy atom. The lowest BCUT2D eigenvalue weighted by molar-refractivity contribution is -0.127. The number of methoxy groups -OCH3 is 1. The van der Waals surface area contributed by atoms with Crippen molar-refractivity contribution in [3.8, 4) is 11.5 Å². The fraction of sp³-hybridized carbons (Fsp3) is 0.316. The molecule has 1 heterocycles. The summed E-state index contributed by atoms with van der Waals surface area (Å²) in [4.78, 5) is 12.6. The molecule has 0 saturated carbocycles. The number of sulfonamides is 1. The lowest BCUT2D eigenvalue weighted by atomic mass is 10.2. The number of fused-ring (bicyclic) bond motifs is 1. The minimum atomic E-state index is -3.52. The van der Waals surface area contributed by atoms with Gasteiger partial charge in [0, 0.05) is 6.54 Å². The van der Waals surface area contributed by atoms with E-state index in [1.165, 1.54) is 4.31 Å². The summed E-state index contributed by atoms with van der Waals surface area (Å²) in [6, 6.07) is 14.1. The van der Waals surface area contributed by atoms with E-state index in [-0.39, 0.29) is 18.2 Å². The predicted molar refractivity (Wildman–Crippen MR) is 103 cm³/mol. The molecule has 1 N–H and O–H groups in total. The molecular formula is C19H22N2O5S. The van der Waals surface area contributed by atoms with Crippen molar-refractivity contribution in [1.82, 2.24) is 5.32 Å². The van der Waals surface area contributed by atoms with Crippen LogP contribution in [0.3, 0.4) is 0 Å². The highest BCUT2D eigenvalue weighted by Crippen LogP contribution is 2.35. The molecule has 1 aliphatic heterocycles. The quantitative estimate of drug-likeness (QED) is 0.815. The van der Waals surface area contributed by atoms with Gasteiger partial charge >= 0.3 is 0 Å². The van der Waals surface area contributed by atoms with Crippen molar-refractivity contribution in [1.29, 1.82) is 0 Å². The third-order valence-electron chi connectivity index (χ3n) is 4.35. The molecule has 0 spiro atoms. The molecule has 1 atom stereocenters. The van der Waals surface area contributed by atoms with Gasteiger partial charge in [-0.3, -0.25) is 9.10 Å². The number of anilines is 1. The number of para-hydroxylation sites is 2. The van der Waals surface area contributed by atoms with E-state index in [9.17, 15) is 13.2 Å². The van der Waals surface area contributed by atoms with Gasteiger partial charge in [0.2, 0.25) is 10.0 Å². The van der Waals surface area contributed by atoms with Crippen LogP contribution in [0.5, 0.6) is 11.5 Å². The standard InChI is InChI=1S/C19H22N2O5S/c1-3-27(23,24)21-13-18(26-17-7-5-4-6-16(17)21)19(22)20-12-14-8-10-15(25-2)11-9-14/h4-11,18H,3,12-13H2,1-2H3,(H,20,22). The molecule has 1 amide bonds. The van der Waals surface area contributed by atoms with Gasteiger partial charge in [-0.15, -0.1) is 0 Å². The summed E-state index contributed by atoms with van der Waals surface area (Å²) >= 11 is 0. The van der Waals surface area contributed by atoms with Gasteiger partial charge < -0.3 is 14.8 Å². The minimum Gasteiger partial charge on any atom is -0.497 e. The van der Waals surface area contributed by atoms with E-state index in [1.807, 2.05) is 24.3 Å². The number of nitrogens with zero attached hydrogens (tertiary/aromatic N) is 1. The summed E-state index contributed by atoms with van der Waals surface area (Å²) in [5.74, 6) is 0.696. The number of ether oxygens (including phenoxy) is 2. The zero-order chi connectivity index (χ0) is 19.4. The van der Waals surface area contributed by atoms with Crippen LogP contribution in [-0.2, 0) is 21.4 Å². The van der Waals surface area contributed by atoms with Crippen LogP contribution >= 0.6 is 0 Å². The highest BCUT2D eigenvalue weighted by Gasteiger charge is 2.35. The summed E-state index contributed by atoms with van der Waals surface area (Å²) in [5.41, 5.74) is 1.36. The number of nitrogens with one attached hydrogen (secondary N) is 1. The third-order valence-corrected chi connectivity index (χ3v) is 6.10. The molecule has 0 aromatic heterocycles. The molecule has 144 valence electrons. The van der Waals surface area contributed by atoms with E-state index < -0.39 is 16.1 Å². The molecule has 1 unspecified atom stereocenters. The maximum atomic E-state index is 12.6. The van der Waals surface area contributed by atoms with E-state index in [4.69, 9.17) is 9.47 Å². The van der Waals surface area contributed by atoms with Crippen LogP contribution in [0.4, 0.5) is 5.69 Å². The van der Waals surface area contributed by atoms with Gasteiger partial charge in [0.15, 0.2) is 6.10 Å². The Kier molecular flexibility index (Phi) is 5.55. The summed E-state index contributed by atoms with van der Waals surface area (Å²) in [6.07, 6.45) is -0.917. The van der Waals surface area contributed by atoms with Gasteiger partial charge in [0.1, 0.15) is 11.5 Å². The van der Waals surface area contributed by atoms with Gasteiger partial charge in [-0.05, 0) is 36.8 Å². The lowest BCUT2D eigenvalue weighted by Gasteiger charge is -2.34. The van der Waals surface area contributed by atoms with Crippen molar-refractivity contribution in [2.45, 2.75) is 19.6 Å². The molecule has 2 aromatic carbocycles. The maximum Gasteiger partial charge on any atom is 0.263 e. The zero-order valence-corrected chi connectivity index (χ0v) is 16.0. The van der Waals surface area contributed by atoms with E-state index in [0.717, 1.165) is 11.3 Å². The van der Waals surface area contributed by atoms with Gasteiger partial charge in [0.25, 0.3) is 5.91 Å². The van der Waals surface area contributed by atoms with E-state index in [1.54, 1.807) is 38.3 Å². The summed E-state index contributed by atoms with van der Waals surface area (Å²) in [6.45, 7) is 1.83. The third kappa shape index (κ3) is 4.16. The lowest BCUT2D eigenvalue weighted by Crippen LogP contribution is -2.50. The fourth-order valence-electron chi connectivity index (χ4n) is 2.80. The Labute approximate surface area is 158 Å². The predicted octanol–water partition coefficient (Wildman–Crippen LogP) is 1.93. The molecule has 0 aliphatic carbocycles. The molecule has 2 aromatic rings. The van der Waals surface area contributed by atoms with E-state index in [0.29, 0.717) is 18.0 Å². The van der Waals surface area contributed by atoms with Gasteiger partial charge in [-0.2, -0.15) is 0 Å². The number of carbonyl (C=O) groups is 1. The summed E-state index contributed by atoms with van der Waals surface area (Å²) in [7, 11) is -1.93. The van der Waals surface area contributed by atoms with Crippen molar-refractivity contribution >= 4 is 21.6 Å². The van der Waals surface area contributed by atoms with Crippen molar-refractivity contribution in [3.63, 3.8) is 0 Å². The average Bonchev–Trinajstić information content (AvgIpc) is 2.71. The monoisotopic (exact) mass is 390 g/mol. The van der Waals surface area contributed by atoms with Gasteiger partial charge in [-0.25, -0.2) is 8.42 Å². The van der Waals surface area contributed by atoms with Crippen molar-refractivity contribution < 1.29 is 22.7 Å². The molecule has 0 radical (unpaired) electrons. The molecule has 27 heavy (non-hydrogen) atoms. The van der Waals surface area contributed by atoms with Gasteiger partial charge in [-0.1, -0.05) is 24.3 Å². The topological polar surface area (TPSA) is 84.9 Å². The molecule has 0 saturated heterocycles. The van der Waals surface area contributed by atoms with Crippen LogP contribution in [-0.4, -0.2) is 39.8 Å². The molecule has 0 fully saturated rings. The first kappa shape index (κ1) is 19.0. The largest absolute Gasteiger partial charge is 0.497 e. The molecule has 7 nitrogen and oxygen atoms in total. The number of amides is 1. The maximum absolute atomic E-state index is 12.6. The Hall–Kier alpha value is -2.74. The molecular weight excluding hydrogens is 368 g/mol. The number of carbonyl (C=O) groups excluding carboxylic acids is 1. The second kappa shape index (κ2) is 7.87. The molecule has 1 aliphatic rings. The van der Waals surface area contributed by atoms with Crippen LogP contribution in [0.25, 0.3) is 0 Å². The Balaban J connectivity index is 1.73. The normalized spacial score (nSPS) is 16.2. The van der Waals surface area contributed by atoms with Gasteiger partial charge in [0.05, 0.1) is 25.1 Å². The Morgan fingerprint density at radius 1 is 1.22 bits per heavy atom. The van der Waals surface area contributed by atoms with Crippen LogP contribution in [0.15, 0.2) is 48.5 Å². The van der Waals surface area contributed by atoms with Crippen molar-refractivity contribution in [2.75, 3.05) is 23.7 Å². The highest BCUT2D eigenvalue weighted by atomic mass is 32.2. The number of hydrogen-bond acceptors (Lipinski definition) is 5. The first-order chi connectivity index (χ1) is 12.9. The molecule has 3 rings (SSSR count). The van der Waals surface area contributed by atoms with Crippen LogP contribution < -0.4 is 19.1 Å². The Morgan fingerprint density at radius 3 is 2.59 bits per heavy atom. The summed E-state index contributed by atoms with van der Waals surface area (Å²) < 4.78 is 37.0. The smallest absolute Gasteiger partial charge is 0.263 e. The molecule has 8 heteroatoms. The number of hydrogen-bond donors (Lipinski definition) is 1. The van der Waals surface area contributed by atoms with E-state index >= 15 is 0 Å². The van der Waals surface area contributed by atoms with Crippen molar-refractivity contribution in [3.05, 3.63) is 54.1 Å². The fourth-order valence-corrected chi connectivity index (χ4v) is 3.93. The average molecular weight is 390 g/mol.